The minimum absolute atomic E-state index is 0.332. The number of alkyl carbamates (subject to hydrolysis) is 1. The Labute approximate surface area is 188 Å². The zero-order chi connectivity index (χ0) is 22.3. The summed E-state index contributed by atoms with van der Waals surface area (Å²) in [7, 11) is 1.33. The highest BCUT2D eigenvalue weighted by Gasteiger charge is 2.27. The van der Waals surface area contributed by atoms with Gasteiger partial charge in [0.25, 0.3) is 0 Å². The molecule has 2 amide bonds. The van der Waals surface area contributed by atoms with Gasteiger partial charge in [-0.2, -0.15) is 0 Å². The maximum atomic E-state index is 12.8. The molecule has 0 fully saturated rings. The molecule has 7 nitrogen and oxygen atoms in total. The van der Waals surface area contributed by atoms with Crippen molar-refractivity contribution in [1.29, 1.82) is 0 Å². The first-order valence-corrected chi connectivity index (χ1v) is 10.9. The Bertz CT molecular complexity index is 890. The third-order valence-corrected chi connectivity index (χ3v) is 5.58. The van der Waals surface area contributed by atoms with E-state index in [1.54, 1.807) is 39.0 Å². The maximum absolute atomic E-state index is 12.8. The van der Waals surface area contributed by atoms with E-state index in [4.69, 9.17) is 4.74 Å². The number of methoxy groups -OCH3 is 1. The van der Waals surface area contributed by atoms with E-state index in [1.807, 2.05) is 18.2 Å². The molecule has 0 radical (unpaired) electrons. The van der Waals surface area contributed by atoms with Gasteiger partial charge in [0, 0.05) is 11.4 Å². The van der Waals surface area contributed by atoms with Gasteiger partial charge < -0.3 is 20.1 Å². The zero-order valence-corrected chi connectivity index (χ0v) is 19.7. The third kappa shape index (κ3) is 7.46. The van der Waals surface area contributed by atoms with Gasteiger partial charge in [-0.15, -0.1) is 11.3 Å². The molecule has 1 aromatic heterocycles. The Morgan fingerprint density at radius 2 is 1.77 bits per heavy atom. The van der Waals surface area contributed by atoms with Crippen molar-refractivity contribution in [1.82, 2.24) is 10.6 Å². The van der Waals surface area contributed by atoms with Crippen molar-refractivity contribution in [3.8, 4) is 0 Å². The molecule has 162 valence electrons. The van der Waals surface area contributed by atoms with E-state index in [-0.39, 0.29) is 5.91 Å². The van der Waals surface area contributed by atoms with Crippen LogP contribution in [-0.2, 0) is 20.7 Å². The summed E-state index contributed by atoms with van der Waals surface area (Å²) in [5.74, 6) is -0.727. The lowest BCUT2D eigenvalue weighted by Crippen LogP contribution is -2.42. The highest BCUT2D eigenvalue weighted by molar-refractivity contribution is 9.11. The lowest BCUT2D eigenvalue weighted by molar-refractivity contribution is -0.123. The molecule has 9 heteroatoms. The summed E-state index contributed by atoms with van der Waals surface area (Å²) in [6, 6.07) is 9.72. The molecule has 0 aliphatic rings. The van der Waals surface area contributed by atoms with Crippen LogP contribution < -0.4 is 10.6 Å². The standard InChI is InChI=1S/C21H25BrN2O5S/c1-21(2,3)29-20(27)24-17(15-9-10-16(22)30-15)18(25)23-12-11-13-5-7-14(8-6-13)19(26)28-4/h5-10,17H,11-12H2,1-4H3,(H,23,25)(H,24,27). The van der Waals surface area contributed by atoms with Crippen molar-refractivity contribution in [3.05, 3.63) is 56.2 Å². The topological polar surface area (TPSA) is 93.7 Å². The molecule has 1 aromatic carbocycles. The van der Waals surface area contributed by atoms with E-state index in [0.717, 1.165) is 9.35 Å². The van der Waals surface area contributed by atoms with Crippen molar-refractivity contribution in [2.45, 2.75) is 38.8 Å². The predicted molar refractivity (Wildman–Crippen MR) is 119 cm³/mol. The van der Waals surface area contributed by atoms with E-state index < -0.39 is 23.7 Å². The quantitative estimate of drug-likeness (QED) is 0.559. The van der Waals surface area contributed by atoms with Crippen LogP contribution in [-0.4, -0.2) is 37.2 Å². The second-order valence-corrected chi connectivity index (χ2v) is 9.95. The number of carbonyl (C=O) groups excluding carboxylic acids is 3. The summed E-state index contributed by atoms with van der Waals surface area (Å²) in [5.41, 5.74) is 0.756. The van der Waals surface area contributed by atoms with Crippen LogP contribution in [0.4, 0.5) is 4.79 Å². The van der Waals surface area contributed by atoms with Crippen LogP contribution in [0.15, 0.2) is 40.2 Å². The van der Waals surface area contributed by atoms with Crippen LogP contribution in [0.1, 0.15) is 47.6 Å². The number of amides is 2. The summed E-state index contributed by atoms with van der Waals surface area (Å²) < 4.78 is 10.8. The molecule has 0 saturated carbocycles. The first kappa shape index (κ1) is 23.9. The van der Waals surface area contributed by atoms with Gasteiger partial charge in [0.05, 0.1) is 16.5 Å². The molecule has 1 heterocycles. The Morgan fingerprint density at radius 1 is 1.10 bits per heavy atom. The summed E-state index contributed by atoms with van der Waals surface area (Å²) in [4.78, 5) is 37.2. The molecule has 0 bridgehead atoms. The van der Waals surface area contributed by atoms with Crippen LogP contribution in [0.3, 0.4) is 0 Å². The first-order valence-electron chi connectivity index (χ1n) is 9.29. The molecule has 2 rings (SSSR count). The Morgan fingerprint density at radius 3 is 2.30 bits per heavy atom. The third-order valence-electron chi connectivity index (χ3n) is 3.89. The first-order chi connectivity index (χ1) is 14.1. The number of ether oxygens (including phenoxy) is 2. The fourth-order valence-corrected chi connectivity index (χ4v) is 4.01. The monoisotopic (exact) mass is 496 g/mol. The lowest BCUT2D eigenvalue weighted by Gasteiger charge is -2.23. The minimum atomic E-state index is -0.863. The van der Waals surface area contributed by atoms with E-state index in [2.05, 4.69) is 31.3 Å². The summed E-state index contributed by atoms with van der Waals surface area (Å²) >= 11 is 4.74. The largest absolute Gasteiger partial charge is 0.465 e. The summed E-state index contributed by atoms with van der Waals surface area (Å²) in [6.07, 6.45) is -0.0916. The molecule has 0 aliphatic heterocycles. The van der Waals surface area contributed by atoms with Crippen LogP contribution >= 0.6 is 27.3 Å². The lowest BCUT2D eigenvalue weighted by atomic mass is 10.1. The predicted octanol–water partition coefficient (Wildman–Crippen LogP) is 4.22. The zero-order valence-electron chi connectivity index (χ0n) is 17.3. The molecular formula is C21H25BrN2O5S. The molecule has 0 aliphatic carbocycles. The van der Waals surface area contributed by atoms with Gasteiger partial charge in [0.15, 0.2) is 0 Å². The van der Waals surface area contributed by atoms with Gasteiger partial charge in [0.2, 0.25) is 5.91 Å². The average Bonchev–Trinajstić information content (AvgIpc) is 3.10. The molecule has 0 saturated heterocycles. The maximum Gasteiger partial charge on any atom is 0.408 e. The van der Waals surface area contributed by atoms with Crippen LogP contribution in [0.5, 0.6) is 0 Å². The summed E-state index contributed by atoms with van der Waals surface area (Å²) in [5, 5.41) is 5.49. The Hall–Kier alpha value is -2.39. The van der Waals surface area contributed by atoms with Crippen LogP contribution in [0.2, 0.25) is 0 Å². The SMILES string of the molecule is COC(=O)c1ccc(CCNC(=O)C(NC(=O)OC(C)(C)C)c2ccc(Br)s2)cc1. The van der Waals surface area contributed by atoms with E-state index in [0.29, 0.717) is 23.4 Å². The number of nitrogens with one attached hydrogen (secondary N) is 2. The molecule has 1 unspecified atom stereocenters. The number of esters is 1. The Kier molecular flexibility index (Phi) is 8.43. The van der Waals surface area contributed by atoms with Gasteiger partial charge in [-0.3, -0.25) is 4.79 Å². The highest BCUT2D eigenvalue weighted by atomic mass is 79.9. The molecular weight excluding hydrogens is 472 g/mol. The molecule has 2 N–H and O–H groups in total. The van der Waals surface area contributed by atoms with Crippen molar-refractivity contribution in [2.24, 2.45) is 0 Å². The Balaban J connectivity index is 1.98. The second-order valence-electron chi connectivity index (χ2n) is 7.45. The van der Waals surface area contributed by atoms with Gasteiger partial charge in [-0.05, 0) is 73.0 Å². The van der Waals surface area contributed by atoms with Crippen molar-refractivity contribution in [3.63, 3.8) is 0 Å². The van der Waals surface area contributed by atoms with E-state index in [9.17, 15) is 14.4 Å². The van der Waals surface area contributed by atoms with E-state index >= 15 is 0 Å². The summed E-state index contributed by atoms with van der Waals surface area (Å²) in [6.45, 7) is 5.65. The van der Waals surface area contributed by atoms with Gasteiger partial charge >= 0.3 is 12.1 Å². The molecule has 30 heavy (non-hydrogen) atoms. The molecule has 1 atom stereocenters. The highest BCUT2D eigenvalue weighted by Crippen LogP contribution is 2.28. The van der Waals surface area contributed by atoms with Gasteiger partial charge in [-0.1, -0.05) is 12.1 Å². The van der Waals surface area contributed by atoms with Crippen molar-refractivity contribution in [2.75, 3.05) is 13.7 Å². The smallest absolute Gasteiger partial charge is 0.408 e. The van der Waals surface area contributed by atoms with E-state index in [1.165, 1.54) is 18.4 Å². The number of rotatable bonds is 7. The minimum Gasteiger partial charge on any atom is -0.465 e. The van der Waals surface area contributed by atoms with Crippen molar-refractivity contribution >= 4 is 45.2 Å². The number of halogens is 1. The average molecular weight is 497 g/mol. The number of hydrogen-bond donors (Lipinski definition) is 2. The van der Waals surface area contributed by atoms with Crippen LogP contribution in [0, 0.1) is 0 Å². The molecule has 0 spiro atoms. The van der Waals surface area contributed by atoms with Crippen molar-refractivity contribution < 1.29 is 23.9 Å². The fourth-order valence-electron chi connectivity index (χ4n) is 2.53. The number of carbonyl (C=O) groups is 3. The normalized spacial score (nSPS) is 12.0. The molecule has 2 aromatic rings. The number of hydrogen-bond acceptors (Lipinski definition) is 6. The van der Waals surface area contributed by atoms with Crippen LogP contribution in [0.25, 0.3) is 0 Å². The fraction of sp³-hybridized carbons (Fsp3) is 0.381. The number of thiophene rings is 1. The number of benzene rings is 1. The second kappa shape index (κ2) is 10.6. The van der Waals surface area contributed by atoms with Gasteiger partial charge in [-0.25, -0.2) is 9.59 Å². The van der Waals surface area contributed by atoms with Gasteiger partial charge in [0.1, 0.15) is 11.6 Å².